The van der Waals surface area contributed by atoms with Crippen LogP contribution in [0.3, 0.4) is 0 Å². The van der Waals surface area contributed by atoms with Gasteiger partial charge in [-0.05, 0) is 34.0 Å². The summed E-state index contributed by atoms with van der Waals surface area (Å²) >= 11 is 2.24. The summed E-state index contributed by atoms with van der Waals surface area (Å²) in [6.45, 7) is 4.44. The molecule has 0 heterocycles. The highest BCUT2D eigenvalue weighted by Crippen LogP contribution is 2.51. The van der Waals surface area contributed by atoms with Crippen LogP contribution in [0.5, 0.6) is 0 Å². The maximum absolute atomic E-state index is 11.1. The average molecular weight is 286 g/mol. The predicted molar refractivity (Wildman–Crippen MR) is 54.7 cm³/mol. The van der Waals surface area contributed by atoms with Crippen LogP contribution in [0.4, 0.5) is 0 Å². The first-order valence-corrected chi connectivity index (χ1v) is 7.08. The summed E-state index contributed by atoms with van der Waals surface area (Å²) < 4.78 is 4.91. The maximum Gasteiger partial charge on any atom is 0.310 e. The molecule has 0 radical (unpaired) electrons. The van der Waals surface area contributed by atoms with Crippen LogP contribution in [0.15, 0.2) is 0 Å². The maximum atomic E-state index is 11.1. The molecular formula is C7H11IO2S. The Bertz CT molecular complexity index is 163. The van der Waals surface area contributed by atoms with Gasteiger partial charge in [-0.1, -0.05) is 15.9 Å². The van der Waals surface area contributed by atoms with E-state index in [1.807, 2.05) is 6.92 Å². The molecule has 0 bridgehead atoms. The van der Waals surface area contributed by atoms with Gasteiger partial charge >= 0.3 is 5.97 Å². The van der Waals surface area contributed by atoms with Crippen molar-refractivity contribution in [3.05, 3.63) is 0 Å². The van der Waals surface area contributed by atoms with E-state index in [2.05, 4.69) is 28.1 Å². The lowest BCUT2D eigenvalue weighted by Crippen LogP contribution is -2.08. The third kappa shape index (κ3) is 2.02. The van der Waals surface area contributed by atoms with Crippen molar-refractivity contribution >= 4 is 36.1 Å². The number of ether oxygens (including phenoxy) is 1. The molecule has 3 atom stereocenters. The van der Waals surface area contributed by atoms with E-state index >= 15 is 0 Å². The highest BCUT2D eigenvalue weighted by Gasteiger charge is 2.52. The molecule has 0 spiro atoms. The van der Waals surface area contributed by atoms with Gasteiger partial charge in [0.25, 0.3) is 0 Å². The van der Waals surface area contributed by atoms with Gasteiger partial charge in [-0.15, -0.1) is 0 Å². The zero-order valence-corrected chi connectivity index (χ0v) is 9.52. The van der Waals surface area contributed by atoms with E-state index in [0.717, 1.165) is 0 Å². The third-order valence-corrected chi connectivity index (χ3v) is 4.65. The van der Waals surface area contributed by atoms with E-state index in [9.17, 15) is 4.79 Å². The van der Waals surface area contributed by atoms with E-state index in [0.29, 0.717) is 17.8 Å². The summed E-state index contributed by atoms with van der Waals surface area (Å²) in [6, 6.07) is 0. The Hall–Kier alpha value is 0.550. The van der Waals surface area contributed by atoms with Crippen LogP contribution in [0, 0.1) is 11.8 Å². The summed E-state index contributed by atoms with van der Waals surface area (Å²) in [5.74, 6) is 0.655. The van der Waals surface area contributed by atoms with Crippen LogP contribution < -0.4 is 0 Å². The number of hydrogen-bond donors (Lipinski definition) is 0. The molecule has 1 aliphatic carbocycles. The van der Waals surface area contributed by atoms with E-state index < -0.39 is 0 Å². The quantitative estimate of drug-likeness (QED) is 0.588. The number of esters is 1. The fourth-order valence-corrected chi connectivity index (χ4v) is 4.20. The number of hydrogen-bond acceptors (Lipinski definition) is 3. The Morgan fingerprint density at radius 3 is 2.73 bits per heavy atom. The molecule has 11 heavy (non-hydrogen) atoms. The van der Waals surface area contributed by atoms with Crippen molar-refractivity contribution in [2.24, 2.45) is 11.8 Å². The largest absolute Gasteiger partial charge is 0.466 e. The van der Waals surface area contributed by atoms with Crippen molar-refractivity contribution < 1.29 is 9.53 Å². The summed E-state index contributed by atoms with van der Waals surface area (Å²) in [7, 11) is 1.73. The Kier molecular flexibility index (Phi) is 3.49. The molecule has 0 N–H and O–H groups in total. The minimum absolute atomic E-state index is 0.0193. The molecule has 1 saturated carbocycles. The molecular weight excluding hydrogens is 275 g/mol. The van der Waals surface area contributed by atoms with Crippen molar-refractivity contribution in [1.82, 2.24) is 0 Å². The molecule has 1 fully saturated rings. The van der Waals surface area contributed by atoms with Gasteiger partial charge in [0, 0.05) is 5.25 Å². The normalized spacial score (nSPS) is 35.0. The molecule has 1 aliphatic rings. The van der Waals surface area contributed by atoms with E-state index in [1.54, 1.807) is 8.93 Å². The molecule has 4 heteroatoms. The zero-order chi connectivity index (χ0) is 8.43. The van der Waals surface area contributed by atoms with Gasteiger partial charge in [0.15, 0.2) is 0 Å². The molecule has 0 aliphatic heterocycles. The van der Waals surface area contributed by atoms with Crippen LogP contribution >= 0.6 is 30.1 Å². The van der Waals surface area contributed by atoms with Crippen molar-refractivity contribution in [2.75, 3.05) is 6.61 Å². The fourth-order valence-electron chi connectivity index (χ4n) is 1.15. The van der Waals surface area contributed by atoms with Gasteiger partial charge in [-0.25, -0.2) is 0 Å². The third-order valence-electron chi connectivity index (χ3n) is 1.96. The summed E-state index contributed by atoms with van der Waals surface area (Å²) in [5, 5.41) is 0.495. The van der Waals surface area contributed by atoms with Crippen molar-refractivity contribution in [1.29, 1.82) is 0 Å². The second-order valence-electron chi connectivity index (χ2n) is 2.69. The second kappa shape index (κ2) is 3.98. The highest BCUT2D eigenvalue weighted by atomic mass is 127. The first kappa shape index (κ1) is 9.64. The number of halogens is 1. The first-order valence-electron chi connectivity index (χ1n) is 3.66. The number of carbonyl (C=O) groups excluding carboxylic acids is 1. The van der Waals surface area contributed by atoms with Crippen LogP contribution in [0.25, 0.3) is 0 Å². The number of carbonyl (C=O) groups is 1. The van der Waals surface area contributed by atoms with Gasteiger partial charge in [0.1, 0.15) is 0 Å². The van der Waals surface area contributed by atoms with Gasteiger partial charge < -0.3 is 4.74 Å². The molecule has 0 saturated heterocycles. The van der Waals surface area contributed by atoms with Crippen LogP contribution in [0.1, 0.15) is 13.8 Å². The zero-order valence-electron chi connectivity index (χ0n) is 6.54. The van der Waals surface area contributed by atoms with Crippen LogP contribution in [-0.4, -0.2) is 17.8 Å². The molecule has 3 unspecified atom stereocenters. The van der Waals surface area contributed by atoms with Crippen molar-refractivity contribution in [2.45, 2.75) is 19.1 Å². The fraction of sp³-hybridized carbons (Fsp3) is 0.857. The minimum atomic E-state index is -0.0193. The molecule has 1 rings (SSSR count). The Balaban J connectivity index is 2.34. The Morgan fingerprint density at radius 1 is 1.73 bits per heavy atom. The summed E-state index contributed by atoms with van der Waals surface area (Å²) in [6.07, 6.45) is 0. The standard InChI is InChI=1S/C7H11IO2S/c1-3-10-7(9)5-4(2)6(5)11-8/h4-6H,3H2,1-2H3. The van der Waals surface area contributed by atoms with Crippen LogP contribution in [-0.2, 0) is 9.53 Å². The highest BCUT2D eigenvalue weighted by molar-refractivity contribution is 14.2. The van der Waals surface area contributed by atoms with Gasteiger partial charge in [0.2, 0.25) is 0 Å². The minimum Gasteiger partial charge on any atom is -0.466 e. The Morgan fingerprint density at radius 2 is 2.36 bits per heavy atom. The SMILES string of the molecule is CCOC(=O)C1C(C)C1SI. The molecule has 0 aromatic carbocycles. The molecule has 0 aromatic heterocycles. The number of rotatable bonds is 3. The van der Waals surface area contributed by atoms with E-state index in [-0.39, 0.29) is 11.9 Å². The van der Waals surface area contributed by atoms with Gasteiger partial charge in [-0.3, -0.25) is 4.79 Å². The molecule has 64 valence electrons. The first-order chi connectivity index (χ1) is 5.22. The monoisotopic (exact) mass is 286 g/mol. The molecule has 0 amide bonds. The van der Waals surface area contributed by atoms with Gasteiger partial charge in [0.05, 0.1) is 12.5 Å². The van der Waals surface area contributed by atoms with E-state index in [4.69, 9.17) is 4.74 Å². The lowest BCUT2D eigenvalue weighted by molar-refractivity contribution is -0.144. The summed E-state index contributed by atoms with van der Waals surface area (Å²) in [5.41, 5.74) is 0. The predicted octanol–water partition coefficient (Wildman–Crippen LogP) is 2.27. The van der Waals surface area contributed by atoms with Gasteiger partial charge in [-0.2, -0.15) is 0 Å². The van der Waals surface area contributed by atoms with Crippen molar-refractivity contribution in [3.8, 4) is 0 Å². The van der Waals surface area contributed by atoms with E-state index in [1.165, 1.54) is 0 Å². The van der Waals surface area contributed by atoms with Crippen LogP contribution in [0.2, 0.25) is 0 Å². The average Bonchev–Trinajstić information content (AvgIpc) is 2.61. The molecule has 0 aromatic rings. The van der Waals surface area contributed by atoms with Crippen molar-refractivity contribution in [3.63, 3.8) is 0 Å². The molecule has 2 nitrogen and oxygen atoms in total. The smallest absolute Gasteiger partial charge is 0.310 e. The lowest BCUT2D eigenvalue weighted by atomic mass is 10.3. The lowest BCUT2D eigenvalue weighted by Gasteiger charge is -1.97. The Labute approximate surface area is 83.0 Å². The summed E-state index contributed by atoms with van der Waals surface area (Å²) in [4.78, 5) is 11.1. The topological polar surface area (TPSA) is 26.3 Å². The second-order valence-corrected chi connectivity index (χ2v) is 4.94.